The number of imidazole rings is 1. The number of ether oxygens (including phenoxy) is 1. The van der Waals surface area contributed by atoms with Crippen molar-refractivity contribution in [2.45, 2.75) is 23.5 Å². The number of aryl methyl sites for hydroxylation is 1. The van der Waals surface area contributed by atoms with Gasteiger partial charge in [0.05, 0.1) is 12.3 Å². The molecule has 8 heteroatoms. The second-order valence-electron chi connectivity index (χ2n) is 6.01. The summed E-state index contributed by atoms with van der Waals surface area (Å²) >= 11 is 1.75. The first kappa shape index (κ1) is 17.9. The predicted octanol–water partition coefficient (Wildman–Crippen LogP) is 3.86. The maximum Gasteiger partial charge on any atom is 0.265 e. The number of benzene rings is 2. The Kier molecular flexibility index (Phi) is 4.84. The van der Waals surface area contributed by atoms with E-state index in [0.717, 1.165) is 28.7 Å². The van der Waals surface area contributed by atoms with Crippen molar-refractivity contribution >= 4 is 27.5 Å². The molecule has 0 saturated carbocycles. The summed E-state index contributed by atoms with van der Waals surface area (Å²) < 4.78 is 35.7. The van der Waals surface area contributed by atoms with E-state index in [1.54, 1.807) is 42.1 Å². The van der Waals surface area contributed by atoms with Crippen LogP contribution >= 0.6 is 11.8 Å². The number of thioether (sulfide) groups is 1. The highest BCUT2D eigenvalue weighted by molar-refractivity contribution is 7.99. The molecule has 27 heavy (non-hydrogen) atoms. The molecule has 0 aliphatic carbocycles. The smallest absolute Gasteiger partial charge is 0.265 e. The number of nitrogens with zero attached hydrogens (tertiary/aromatic N) is 2. The van der Waals surface area contributed by atoms with Gasteiger partial charge in [-0.15, -0.1) is 0 Å². The van der Waals surface area contributed by atoms with Gasteiger partial charge in [-0.25, -0.2) is 13.4 Å². The monoisotopic (exact) mass is 401 g/mol. The zero-order valence-corrected chi connectivity index (χ0v) is 16.4. The Balaban J connectivity index is 1.56. The lowest BCUT2D eigenvalue weighted by atomic mass is 10.1. The van der Waals surface area contributed by atoms with Gasteiger partial charge in [-0.2, -0.15) is 0 Å². The van der Waals surface area contributed by atoms with Crippen LogP contribution in [0.15, 0.2) is 64.8 Å². The maximum absolute atomic E-state index is 12.7. The fraction of sp³-hybridized carbons (Fsp3) is 0.211. The molecule has 4 rings (SSSR count). The molecule has 2 heterocycles. The molecule has 140 valence electrons. The van der Waals surface area contributed by atoms with Gasteiger partial charge in [0.25, 0.3) is 10.0 Å². The lowest BCUT2D eigenvalue weighted by Crippen LogP contribution is -2.14. The third-order valence-corrected chi connectivity index (χ3v) is 6.57. The van der Waals surface area contributed by atoms with Crippen molar-refractivity contribution < 1.29 is 13.2 Å². The van der Waals surface area contributed by atoms with Crippen LogP contribution in [0.4, 0.5) is 5.69 Å². The molecule has 0 atom stereocenters. The fourth-order valence-corrected chi connectivity index (χ4v) is 5.06. The molecule has 1 N–H and O–H groups in total. The van der Waals surface area contributed by atoms with E-state index in [-0.39, 0.29) is 4.90 Å². The van der Waals surface area contributed by atoms with Crippen LogP contribution in [-0.2, 0) is 16.6 Å². The number of nitrogens with one attached hydrogen (secondary N) is 1. The minimum atomic E-state index is -3.74. The number of anilines is 1. The number of para-hydroxylation sites is 1. The van der Waals surface area contributed by atoms with Crippen molar-refractivity contribution in [1.29, 1.82) is 0 Å². The molecule has 1 aromatic heterocycles. The molecule has 2 aromatic carbocycles. The molecule has 6 nitrogen and oxygen atoms in total. The van der Waals surface area contributed by atoms with Crippen LogP contribution in [0.5, 0.6) is 5.75 Å². The molecule has 0 amide bonds. The van der Waals surface area contributed by atoms with E-state index < -0.39 is 10.0 Å². The normalized spacial score (nSPS) is 13.4. The van der Waals surface area contributed by atoms with Gasteiger partial charge in [-0.1, -0.05) is 36.0 Å². The summed E-state index contributed by atoms with van der Waals surface area (Å²) in [5, 5.41) is 1.03. The van der Waals surface area contributed by atoms with Gasteiger partial charge >= 0.3 is 0 Å². The molecule has 0 radical (unpaired) electrons. The molecule has 0 unspecified atom stereocenters. The lowest BCUT2D eigenvalue weighted by Gasteiger charge is -2.12. The summed E-state index contributed by atoms with van der Waals surface area (Å²) in [6, 6.07) is 13.8. The molecule has 0 spiro atoms. The van der Waals surface area contributed by atoms with Crippen LogP contribution in [0.25, 0.3) is 11.3 Å². The van der Waals surface area contributed by atoms with E-state index in [2.05, 4.69) is 14.3 Å². The van der Waals surface area contributed by atoms with Gasteiger partial charge in [0.2, 0.25) is 0 Å². The second-order valence-corrected chi connectivity index (χ2v) is 8.73. The van der Waals surface area contributed by atoms with Gasteiger partial charge in [0.15, 0.2) is 5.16 Å². The van der Waals surface area contributed by atoms with E-state index >= 15 is 0 Å². The first-order valence-corrected chi connectivity index (χ1v) is 11.1. The standard InChI is InChI=1S/C19H19N3O3S2/c1-2-25-17-5-3-4-6-18(17)27(23,24)21-15-9-7-14(8-10-15)16-13-22-11-12-26-19(22)20-16/h3-10,13,21H,2,11-12H2,1H3. The summed E-state index contributed by atoms with van der Waals surface area (Å²) in [7, 11) is -3.74. The fourth-order valence-electron chi connectivity index (χ4n) is 2.91. The van der Waals surface area contributed by atoms with Crippen LogP contribution in [0.3, 0.4) is 0 Å². The predicted molar refractivity (Wildman–Crippen MR) is 107 cm³/mol. The quantitative estimate of drug-likeness (QED) is 0.679. The first-order chi connectivity index (χ1) is 13.1. The van der Waals surface area contributed by atoms with Gasteiger partial charge in [-0.3, -0.25) is 4.72 Å². The second kappa shape index (κ2) is 7.28. The van der Waals surface area contributed by atoms with Gasteiger partial charge < -0.3 is 9.30 Å². The first-order valence-electron chi connectivity index (χ1n) is 8.62. The molecule has 3 aromatic rings. The maximum atomic E-state index is 12.7. The number of rotatable bonds is 6. The Morgan fingerprint density at radius 3 is 2.70 bits per heavy atom. The molecular weight excluding hydrogens is 382 g/mol. The average molecular weight is 402 g/mol. The third-order valence-electron chi connectivity index (χ3n) is 4.17. The van der Waals surface area contributed by atoms with Crippen molar-refractivity contribution in [1.82, 2.24) is 9.55 Å². The number of hydrogen-bond donors (Lipinski definition) is 1. The van der Waals surface area contributed by atoms with Crippen molar-refractivity contribution in [2.75, 3.05) is 17.1 Å². The number of hydrogen-bond acceptors (Lipinski definition) is 5. The largest absolute Gasteiger partial charge is 0.492 e. The van der Waals surface area contributed by atoms with Crippen molar-refractivity contribution in [3.05, 3.63) is 54.7 Å². The molecule has 0 saturated heterocycles. The minimum absolute atomic E-state index is 0.124. The zero-order chi connectivity index (χ0) is 18.9. The topological polar surface area (TPSA) is 73.2 Å². The Hall–Kier alpha value is -2.45. The average Bonchev–Trinajstić information content (AvgIpc) is 3.25. The Bertz CT molecular complexity index is 1040. The highest BCUT2D eigenvalue weighted by Gasteiger charge is 2.20. The third kappa shape index (κ3) is 3.68. The van der Waals surface area contributed by atoms with Crippen molar-refractivity contribution in [3.8, 4) is 17.0 Å². The summed E-state index contributed by atoms with van der Waals surface area (Å²) in [4.78, 5) is 4.74. The highest BCUT2D eigenvalue weighted by atomic mass is 32.2. The number of aromatic nitrogens is 2. The van der Waals surface area contributed by atoms with E-state index in [9.17, 15) is 8.42 Å². The van der Waals surface area contributed by atoms with E-state index in [1.165, 1.54) is 6.07 Å². The summed E-state index contributed by atoms with van der Waals surface area (Å²) in [5.41, 5.74) is 2.34. The van der Waals surface area contributed by atoms with Crippen molar-refractivity contribution in [3.63, 3.8) is 0 Å². The Labute approximate surface area is 162 Å². The van der Waals surface area contributed by atoms with Crippen LogP contribution in [0.1, 0.15) is 6.92 Å². The van der Waals surface area contributed by atoms with Crippen LogP contribution < -0.4 is 9.46 Å². The summed E-state index contributed by atoms with van der Waals surface area (Å²) in [5.74, 6) is 1.40. The summed E-state index contributed by atoms with van der Waals surface area (Å²) in [6.45, 7) is 3.19. The summed E-state index contributed by atoms with van der Waals surface area (Å²) in [6.07, 6.45) is 2.03. The Morgan fingerprint density at radius 2 is 1.96 bits per heavy atom. The van der Waals surface area contributed by atoms with Gasteiger partial charge in [-0.05, 0) is 31.2 Å². The SMILES string of the molecule is CCOc1ccccc1S(=O)(=O)Nc1ccc(-c2cn3c(n2)SCC3)cc1. The number of fused-ring (bicyclic) bond motifs is 1. The minimum Gasteiger partial charge on any atom is -0.492 e. The molecule has 0 bridgehead atoms. The molecule has 1 aliphatic rings. The van der Waals surface area contributed by atoms with Crippen LogP contribution in [0.2, 0.25) is 0 Å². The zero-order valence-electron chi connectivity index (χ0n) is 14.8. The van der Waals surface area contributed by atoms with E-state index in [4.69, 9.17) is 4.74 Å². The van der Waals surface area contributed by atoms with Crippen molar-refractivity contribution in [2.24, 2.45) is 0 Å². The van der Waals surface area contributed by atoms with Crippen LogP contribution in [0, 0.1) is 0 Å². The molecular formula is C19H19N3O3S2. The van der Waals surface area contributed by atoms with Gasteiger partial charge in [0, 0.05) is 29.7 Å². The highest BCUT2D eigenvalue weighted by Crippen LogP contribution is 2.30. The van der Waals surface area contributed by atoms with E-state index in [1.807, 2.05) is 25.3 Å². The number of sulfonamides is 1. The lowest BCUT2D eigenvalue weighted by molar-refractivity contribution is 0.331. The molecule has 1 aliphatic heterocycles. The van der Waals surface area contributed by atoms with Gasteiger partial charge in [0.1, 0.15) is 10.6 Å². The molecule has 0 fully saturated rings. The van der Waals surface area contributed by atoms with Crippen LogP contribution in [-0.4, -0.2) is 30.3 Å². The van der Waals surface area contributed by atoms with E-state index in [0.29, 0.717) is 18.0 Å². The Morgan fingerprint density at radius 1 is 1.19 bits per heavy atom.